The van der Waals surface area contributed by atoms with Crippen LogP contribution in [-0.2, 0) is 14.9 Å². The monoisotopic (exact) mass is 418 g/mol. The van der Waals surface area contributed by atoms with Crippen LogP contribution in [-0.4, -0.2) is 42.1 Å². The summed E-state index contributed by atoms with van der Waals surface area (Å²) < 4.78 is 18.8. The van der Waals surface area contributed by atoms with Gasteiger partial charge in [0.2, 0.25) is 5.91 Å². The van der Waals surface area contributed by atoms with E-state index in [0.717, 1.165) is 44.1 Å². The van der Waals surface area contributed by atoms with Gasteiger partial charge in [-0.2, -0.15) is 0 Å². The second-order valence-electron chi connectivity index (χ2n) is 9.89. The number of piperidine rings is 1. The molecule has 0 bridgehead atoms. The average Bonchev–Trinajstić information content (AvgIpc) is 3.16. The van der Waals surface area contributed by atoms with Gasteiger partial charge in [0.15, 0.2) is 0 Å². The number of nitrogens with zero attached hydrogens (tertiary/aromatic N) is 1. The molecule has 6 heteroatoms. The van der Waals surface area contributed by atoms with Crippen molar-refractivity contribution in [2.45, 2.75) is 76.7 Å². The largest absolute Gasteiger partial charge is 0.444 e. The minimum atomic E-state index is -0.492. The van der Waals surface area contributed by atoms with Crippen LogP contribution in [0.25, 0.3) is 0 Å². The van der Waals surface area contributed by atoms with Crippen molar-refractivity contribution in [3.05, 3.63) is 35.6 Å². The minimum Gasteiger partial charge on any atom is -0.444 e. The van der Waals surface area contributed by atoms with Crippen molar-refractivity contribution in [2.75, 3.05) is 19.6 Å². The summed E-state index contributed by atoms with van der Waals surface area (Å²) in [4.78, 5) is 26.5. The van der Waals surface area contributed by atoms with Gasteiger partial charge in [-0.15, -0.1) is 0 Å². The Hall–Kier alpha value is -2.11. The number of benzene rings is 1. The molecule has 0 radical (unpaired) electrons. The average molecular weight is 419 g/mol. The first-order valence-electron chi connectivity index (χ1n) is 11.2. The van der Waals surface area contributed by atoms with Gasteiger partial charge in [-0.25, -0.2) is 9.18 Å². The van der Waals surface area contributed by atoms with E-state index in [4.69, 9.17) is 4.74 Å². The molecule has 5 nitrogen and oxygen atoms in total. The molecule has 2 amide bonds. The lowest BCUT2D eigenvalue weighted by Gasteiger charge is -2.33. The second kappa shape index (κ2) is 9.36. The smallest absolute Gasteiger partial charge is 0.410 e. The van der Waals surface area contributed by atoms with Gasteiger partial charge in [-0.1, -0.05) is 25.0 Å². The van der Waals surface area contributed by atoms with Gasteiger partial charge in [0, 0.05) is 31.5 Å². The Labute approximate surface area is 179 Å². The molecular formula is C24H35FN2O3. The molecule has 1 saturated carbocycles. The number of hydrogen-bond donors (Lipinski definition) is 1. The Morgan fingerprint density at radius 3 is 2.30 bits per heavy atom. The second-order valence-corrected chi connectivity index (χ2v) is 9.89. The van der Waals surface area contributed by atoms with Gasteiger partial charge in [0.05, 0.1) is 0 Å². The van der Waals surface area contributed by atoms with E-state index in [1.165, 1.54) is 12.1 Å². The van der Waals surface area contributed by atoms with Gasteiger partial charge in [-0.05, 0) is 70.1 Å². The van der Waals surface area contributed by atoms with E-state index in [1.807, 2.05) is 32.9 Å². The molecule has 1 N–H and O–H groups in total. The molecule has 1 aromatic carbocycles. The van der Waals surface area contributed by atoms with Gasteiger partial charge in [-0.3, -0.25) is 4.79 Å². The van der Waals surface area contributed by atoms with E-state index in [1.54, 1.807) is 4.90 Å². The normalized spacial score (nSPS) is 19.5. The summed E-state index contributed by atoms with van der Waals surface area (Å²) >= 11 is 0. The summed E-state index contributed by atoms with van der Waals surface area (Å²) in [6.45, 7) is 7.47. The minimum absolute atomic E-state index is 0.0686. The van der Waals surface area contributed by atoms with E-state index < -0.39 is 5.60 Å². The Morgan fingerprint density at radius 2 is 1.73 bits per heavy atom. The lowest BCUT2D eigenvalue weighted by molar-refractivity contribution is -0.122. The molecule has 2 aliphatic rings. The van der Waals surface area contributed by atoms with E-state index in [9.17, 15) is 14.0 Å². The molecule has 1 aliphatic carbocycles. The number of ether oxygens (including phenoxy) is 1. The molecule has 1 saturated heterocycles. The maximum absolute atomic E-state index is 13.3. The van der Waals surface area contributed by atoms with Crippen LogP contribution in [0.2, 0.25) is 0 Å². The number of carbonyl (C=O) groups excluding carboxylic acids is 2. The van der Waals surface area contributed by atoms with Gasteiger partial charge >= 0.3 is 6.09 Å². The number of rotatable bonds is 5. The van der Waals surface area contributed by atoms with Gasteiger partial charge < -0.3 is 15.0 Å². The standard InChI is InChI=1S/C24H35FN2O3/c1-23(2,3)30-22(29)27-14-10-18(11-15-27)16-21(28)26-17-24(12-4-5-13-24)19-6-8-20(25)9-7-19/h6-9,18H,4-5,10-17H2,1-3H3,(H,26,28). The Bertz CT molecular complexity index is 728. The fraction of sp³-hybridized carbons (Fsp3) is 0.667. The van der Waals surface area contributed by atoms with Crippen molar-refractivity contribution < 1.29 is 18.7 Å². The highest BCUT2D eigenvalue weighted by Crippen LogP contribution is 2.40. The number of carbonyl (C=O) groups is 2. The highest BCUT2D eigenvalue weighted by molar-refractivity contribution is 5.76. The first kappa shape index (κ1) is 22.6. The van der Waals surface area contributed by atoms with E-state index in [-0.39, 0.29) is 29.2 Å². The third-order valence-electron chi connectivity index (χ3n) is 6.38. The van der Waals surface area contributed by atoms with Crippen molar-refractivity contribution in [2.24, 2.45) is 5.92 Å². The van der Waals surface area contributed by atoms with Crippen LogP contribution in [0.4, 0.5) is 9.18 Å². The number of halogens is 1. The third-order valence-corrected chi connectivity index (χ3v) is 6.38. The van der Waals surface area contributed by atoms with Crippen LogP contribution in [0.3, 0.4) is 0 Å². The van der Waals surface area contributed by atoms with Crippen LogP contribution in [0, 0.1) is 11.7 Å². The Balaban J connectivity index is 1.47. The third kappa shape index (κ3) is 5.96. The van der Waals surface area contributed by atoms with Gasteiger partial charge in [0.1, 0.15) is 11.4 Å². The van der Waals surface area contributed by atoms with Crippen LogP contribution in [0.15, 0.2) is 24.3 Å². The molecule has 1 aliphatic heterocycles. The van der Waals surface area contributed by atoms with Crippen molar-refractivity contribution in [3.8, 4) is 0 Å². The van der Waals surface area contributed by atoms with Crippen LogP contribution < -0.4 is 5.32 Å². The SMILES string of the molecule is CC(C)(C)OC(=O)N1CCC(CC(=O)NCC2(c3ccc(F)cc3)CCCC2)CC1. The fourth-order valence-electron chi connectivity index (χ4n) is 4.67. The summed E-state index contributed by atoms with van der Waals surface area (Å²) in [5.74, 6) is 0.127. The molecule has 0 atom stereocenters. The highest BCUT2D eigenvalue weighted by Gasteiger charge is 2.36. The van der Waals surface area contributed by atoms with Crippen molar-refractivity contribution >= 4 is 12.0 Å². The molecule has 0 unspecified atom stereocenters. The van der Waals surface area contributed by atoms with Gasteiger partial charge in [0.25, 0.3) is 0 Å². The Kier molecular flexibility index (Phi) is 7.04. The summed E-state index contributed by atoms with van der Waals surface area (Å²) in [5, 5.41) is 3.15. The summed E-state index contributed by atoms with van der Waals surface area (Å²) in [6, 6.07) is 6.74. The summed E-state index contributed by atoms with van der Waals surface area (Å²) in [7, 11) is 0. The number of hydrogen-bond acceptors (Lipinski definition) is 3. The number of likely N-dealkylation sites (tertiary alicyclic amines) is 1. The molecular weight excluding hydrogens is 383 g/mol. The summed E-state index contributed by atoms with van der Waals surface area (Å²) in [6.07, 6.45) is 6.16. The summed E-state index contributed by atoms with van der Waals surface area (Å²) in [5.41, 5.74) is 0.546. The topological polar surface area (TPSA) is 58.6 Å². The lowest BCUT2D eigenvalue weighted by atomic mass is 9.78. The number of amides is 2. The van der Waals surface area contributed by atoms with Crippen molar-refractivity contribution in [1.82, 2.24) is 10.2 Å². The Morgan fingerprint density at radius 1 is 1.13 bits per heavy atom. The molecule has 166 valence electrons. The quantitative estimate of drug-likeness (QED) is 0.748. The maximum atomic E-state index is 13.3. The molecule has 0 aromatic heterocycles. The van der Waals surface area contributed by atoms with Crippen LogP contribution in [0.1, 0.15) is 71.3 Å². The fourth-order valence-corrected chi connectivity index (χ4v) is 4.67. The molecule has 0 spiro atoms. The first-order chi connectivity index (χ1) is 14.2. The molecule has 3 rings (SSSR count). The molecule has 30 heavy (non-hydrogen) atoms. The van der Waals surface area contributed by atoms with Crippen LogP contribution in [0.5, 0.6) is 0 Å². The highest BCUT2D eigenvalue weighted by atomic mass is 19.1. The maximum Gasteiger partial charge on any atom is 0.410 e. The zero-order valence-electron chi connectivity index (χ0n) is 18.5. The number of nitrogens with one attached hydrogen (secondary N) is 1. The predicted molar refractivity (Wildman–Crippen MR) is 115 cm³/mol. The predicted octanol–water partition coefficient (Wildman–Crippen LogP) is 4.79. The van der Waals surface area contributed by atoms with Crippen molar-refractivity contribution in [3.63, 3.8) is 0 Å². The lowest BCUT2D eigenvalue weighted by Crippen LogP contribution is -2.43. The van der Waals surface area contributed by atoms with E-state index in [0.29, 0.717) is 26.1 Å². The molecule has 2 fully saturated rings. The van der Waals surface area contributed by atoms with E-state index >= 15 is 0 Å². The van der Waals surface area contributed by atoms with Crippen molar-refractivity contribution in [1.29, 1.82) is 0 Å². The zero-order chi connectivity index (χ0) is 21.8. The molecule has 1 heterocycles. The van der Waals surface area contributed by atoms with E-state index in [2.05, 4.69) is 5.32 Å². The zero-order valence-corrected chi connectivity index (χ0v) is 18.5. The molecule has 1 aromatic rings. The van der Waals surface area contributed by atoms with Crippen LogP contribution >= 0.6 is 0 Å². The first-order valence-corrected chi connectivity index (χ1v) is 11.2.